The Morgan fingerprint density at radius 3 is 1.38 bits per heavy atom. The van der Waals surface area contributed by atoms with Crippen LogP contribution in [0.3, 0.4) is 0 Å². The highest BCUT2D eigenvalue weighted by molar-refractivity contribution is 7.80. The molecule has 346 valence electrons. The third-order valence-electron chi connectivity index (χ3n) is 11.2. The lowest BCUT2D eigenvalue weighted by Gasteiger charge is -2.41. The van der Waals surface area contributed by atoms with Gasteiger partial charge in [-0.05, 0) is 12.8 Å². The van der Waals surface area contributed by atoms with Gasteiger partial charge in [0.2, 0.25) is 0 Å². The normalized spacial score (nSPS) is 20.4. The third-order valence-corrected chi connectivity index (χ3v) is 11.7. The maximum atomic E-state index is 12.9. The Hall–Kier alpha value is -0.900. The Balaban J connectivity index is 2.39. The van der Waals surface area contributed by atoms with Gasteiger partial charge in [-0.15, -0.1) is 0 Å². The van der Waals surface area contributed by atoms with Gasteiger partial charge in [0.1, 0.15) is 30.5 Å². The Kier molecular flexibility index (Phi) is 35.9. The van der Waals surface area contributed by atoms with E-state index in [1.54, 1.807) is 0 Å². The molecule has 0 aromatic heterocycles. The average molecular weight is 853 g/mol. The summed E-state index contributed by atoms with van der Waals surface area (Å²) < 4.78 is 59.1. The second-order valence-electron chi connectivity index (χ2n) is 16.7. The second-order valence-corrected chi connectivity index (χ2v) is 17.8. The van der Waals surface area contributed by atoms with E-state index in [9.17, 15) is 28.5 Å². The monoisotopic (exact) mass is 853 g/mol. The molecule has 0 saturated carbocycles. The molecule has 1 aliphatic rings. The van der Waals surface area contributed by atoms with Crippen molar-refractivity contribution in [2.45, 2.75) is 256 Å². The van der Waals surface area contributed by atoms with Crippen LogP contribution in [0.4, 0.5) is 0 Å². The van der Waals surface area contributed by atoms with Gasteiger partial charge >= 0.3 is 16.4 Å². The lowest BCUT2D eigenvalue weighted by molar-refractivity contribution is -0.301. The highest BCUT2D eigenvalue weighted by Crippen LogP contribution is 2.26. The summed E-state index contributed by atoms with van der Waals surface area (Å²) in [6.07, 6.45) is 29.9. The smallest absolute Gasteiger partial charge is 0.397 e. The largest absolute Gasteiger partial charge is 0.457 e. The fourth-order valence-corrected chi connectivity index (χ4v) is 8.12. The average Bonchev–Trinajstić information content (AvgIpc) is 3.19. The summed E-state index contributed by atoms with van der Waals surface area (Å²) >= 11 is 0. The maximum Gasteiger partial charge on any atom is 0.397 e. The van der Waals surface area contributed by atoms with Crippen molar-refractivity contribution in [3.63, 3.8) is 0 Å². The molecule has 0 aromatic rings. The predicted molar refractivity (Wildman–Crippen MR) is 230 cm³/mol. The number of rotatable bonds is 42. The SMILES string of the molecule is CCCCCCCCCCCCCCCCCCCC(=O)OC(COCCCCCCCCCCCCCCCC)COC1OC(CO)C(O)C(OS(=O)(=O)O)C1O. The van der Waals surface area contributed by atoms with Gasteiger partial charge in [0, 0.05) is 13.0 Å². The zero-order valence-electron chi connectivity index (χ0n) is 36.9. The first kappa shape index (κ1) is 55.1. The number of hydrogen-bond acceptors (Lipinski definition) is 11. The van der Waals surface area contributed by atoms with Crippen LogP contribution in [0.2, 0.25) is 0 Å². The molecular formula is C45H88O12S. The number of aliphatic hydroxyl groups excluding tert-OH is 3. The van der Waals surface area contributed by atoms with Crippen LogP contribution in [0, 0.1) is 0 Å². The van der Waals surface area contributed by atoms with Crippen LogP contribution in [-0.2, 0) is 38.3 Å². The Labute approximate surface area is 354 Å². The molecule has 12 nitrogen and oxygen atoms in total. The molecule has 4 N–H and O–H groups in total. The second kappa shape index (κ2) is 37.8. The van der Waals surface area contributed by atoms with Crippen LogP contribution in [0.15, 0.2) is 0 Å². The first-order valence-electron chi connectivity index (χ1n) is 23.8. The van der Waals surface area contributed by atoms with Gasteiger partial charge in [0.25, 0.3) is 0 Å². The highest BCUT2D eigenvalue weighted by Gasteiger charge is 2.48. The molecule has 1 fully saturated rings. The van der Waals surface area contributed by atoms with E-state index >= 15 is 0 Å². The lowest BCUT2D eigenvalue weighted by atomic mass is 9.99. The minimum Gasteiger partial charge on any atom is -0.457 e. The van der Waals surface area contributed by atoms with Crippen molar-refractivity contribution in [1.82, 2.24) is 0 Å². The predicted octanol–water partition coefficient (Wildman–Crippen LogP) is 10.1. The van der Waals surface area contributed by atoms with Gasteiger partial charge in [-0.25, -0.2) is 4.18 Å². The molecule has 0 aromatic carbocycles. The third kappa shape index (κ3) is 31.0. The van der Waals surface area contributed by atoms with Crippen LogP contribution in [-0.4, -0.2) is 97.5 Å². The Morgan fingerprint density at radius 2 is 0.983 bits per heavy atom. The summed E-state index contributed by atoms with van der Waals surface area (Å²) in [7, 11) is -5.06. The summed E-state index contributed by atoms with van der Waals surface area (Å²) in [6.45, 7) is 4.04. The van der Waals surface area contributed by atoms with Gasteiger partial charge in [0.05, 0.1) is 19.8 Å². The molecule has 0 radical (unpaired) electrons. The summed E-state index contributed by atoms with van der Waals surface area (Å²) in [5, 5.41) is 30.7. The fraction of sp³-hybridized carbons (Fsp3) is 0.978. The molecule has 1 heterocycles. The van der Waals surface area contributed by atoms with Gasteiger partial charge in [-0.2, -0.15) is 8.42 Å². The maximum absolute atomic E-state index is 12.9. The molecule has 0 spiro atoms. The van der Waals surface area contributed by atoms with Gasteiger partial charge in [0.15, 0.2) is 6.29 Å². The Morgan fingerprint density at radius 1 is 0.586 bits per heavy atom. The van der Waals surface area contributed by atoms with E-state index in [0.717, 1.165) is 38.5 Å². The molecule has 1 saturated heterocycles. The molecule has 13 heteroatoms. The van der Waals surface area contributed by atoms with E-state index in [1.165, 1.54) is 154 Å². The van der Waals surface area contributed by atoms with Crippen LogP contribution in [0.5, 0.6) is 0 Å². The van der Waals surface area contributed by atoms with E-state index in [2.05, 4.69) is 18.0 Å². The van der Waals surface area contributed by atoms with Crippen molar-refractivity contribution in [3.05, 3.63) is 0 Å². The van der Waals surface area contributed by atoms with E-state index in [1.807, 2.05) is 0 Å². The summed E-state index contributed by atoms with van der Waals surface area (Å²) in [4.78, 5) is 12.9. The standard InChI is InChI=1S/C45H88O12S/c1-3-5-7-9-11-13-15-17-19-20-21-22-24-26-28-30-32-34-41(47)55-39(37-53-35-33-31-29-27-25-23-18-16-14-12-10-8-6-4-2)38-54-45-43(49)44(57-58(50,51)52)42(48)40(36-46)56-45/h39-40,42-46,48-49H,3-38H2,1-2H3,(H,50,51,52). The highest BCUT2D eigenvalue weighted by atomic mass is 32.3. The van der Waals surface area contributed by atoms with Crippen LogP contribution in [0.25, 0.3) is 0 Å². The number of unbranched alkanes of at least 4 members (excludes halogenated alkanes) is 29. The number of esters is 1. The van der Waals surface area contributed by atoms with Gasteiger partial charge in [-0.3, -0.25) is 9.35 Å². The Bertz CT molecular complexity index is 1030. The van der Waals surface area contributed by atoms with Gasteiger partial charge in [-0.1, -0.05) is 200 Å². The number of carbonyl (C=O) groups is 1. The topological polar surface area (TPSA) is 178 Å². The molecule has 58 heavy (non-hydrogen) atoms. The molecule has 0 amide bonds. The molecular weight excluding hydrogens is 765 g/mol. The van der Waals surface area contributed by atoms with Crippen molar-refractivity contribution in [2.24, 2.45) is 0 Å². The minimum atomic E-state index is -5.06. The number of ether oxygens (including phenoxy) is 4. The van der Waals surface area contributed by atoms with E-state index in [4.69, 9.17) is 23.5 Å². The zero-order chi connectivity index (χ0) is 42.5. The van der Waals surface area contributed by atoms with E-state index < -0.39 is 59.8 Å². The van der Waals surface area contributed by atoms with E-state index in [0.29, 0.717) is 13.0 Å². The number of hydrogen-bond donors (Lipinski definition) is 4. The summed E-state index contributed by atoms with van der Waals surface area (Å²) in [6, 6.07) is 0. The molecule has 0 bridgehead atoms. The quantitative estimate of drug-likeness (QED) is 0.0260. The summed E-state index contributed by atoms with van der Waals surface area (Å²) in [5.74, 6) is -0.393. The van der Waals surface area contributed by atoms with E-state index in [-0.39, 0.29) is 19.6 Å². The van der Waals surface area contributed by atoms with Crippen LogP contribution in [0.1, 0.15) is 219 Å². The first-order valence-corrected chi connectivity index (χ1v) is 25.2. The minimum absolute atomic E-state index is 0.0447. The summed E-state index contributed by atoms with van der Waals surface area (Å²) in [5.41, 5.74) is 0. The van der Waals surface area contributed by atoms with Crippen LogP contribution >= 0.6 is 0 Å². The molecule has 6 unspecified atom stereocenters. The van der Waals surface area contributed by atoms with Gasteiger partial charge < -0.3 is 34.3 Å². The first-order chi connectivity index (χ1) is 28.1. The number of aliphatic hydroxyl groups is 3. The van der Waals surface area contributed by atoms with Crippen LogP contribution < -0.4 is 0 Å². The molecule has 6 atom stereocenters. The van der Waals surface area contributed by atoms with Crippen molar-refractivity contribution in [3.8, 4) is 0 Å². The molecule has 1 aliphatic heterocycles. The van der Waals surface area contributed by atoms with Crippen molar-refractivity contribution in [1.29, 1.82) is 0 Å². The van der Waals surface area contributed by atoms with Crippen molar-refractivity contribution < 1.29 is 56.2 Å². The molecule has 0 aliphatic carbocycles. The molecule has 1 rings (SSSR count). The van der Waals surface area contributed by atoms with Crippen molar-refractivity contribution in [2.75, 3.05) is 26.4 Å². The zero-order valence-corrected chi connectivity index (χ0v) is 37.7. The lowest BCUT2D eigenvalue weighted by Crippen LogP contribution is -2.60. The van der Waals surface area contributed by atoms with Crippen molar-refractivity contribution >= 4 is 16.4 Å². The fourth-order valence-electron chi connectivity index (χ4n) is 7.62. The number of carbonyl (C=O) groups excluding carboxylic acids is 1.